The first-order chi connectivity index (χ1) is 8.56. The highest BCUT2D eigenvalue weighted by molar-refractivity contribution is 6.31. The molecule has 0 spiro atoms. The number of aromatic hydroxyl groups is 1. The zero-order valence-corrected chi connectivity index (χ0v) is 10.2. The summed E-state index contributed by atoms with van der Waals surface area (Å²) in [4.78, 5) is 11.7. The van der Waals surface area contributed by atoms with Gasteiger partial charge in [0.15, 0.2) is 5.82 Å². The Bertz CT molecular complexity index is 583. The van der Waals surface area contributed by atoms with Crippen molar-refractivity contribution in [3.8, 4) is 5.75 Å². The quantitative estimate of drug-likeness (QED) is 0.801. The smallest absolute Gasteiger partial charge is 0.232 e. The number of nitrogens with one attached hydrogen (secondary N) is 1. The van der Waals surface area contributed by atoms with Crippen molar-refractivity contribution in [2.75, 3.05) is 5.32 Å². The number of hydrogen-bond acceptors (Lipinski definition) is 5. The molecule has 2 N–H and O–H groups in total. The maximum absolute atomic E-state index is 11.7. The molecule has 1 aromatic carbocycles. The summed E-state index contributed by atoms with van der Waals surface area (Å²) in [5, 5.41) is 23.2. The van der Waals surface area contributed by atoms with E-state index in [1.165, 1.54) is 22.9 Å². The van der Waals surface area contributed by atoms with Crippen LogP contribution in [0, 0.1) is 0 Å². The van der Waals surface area contributed by atoms with Gasteiger partial charge in [-0.15, -0.1) is 5.10 Å². The van der Waals surface area contributed by atoms with Crippen molar-refractivity contribution in [2.45, 2.75) is 6.42 Å². The number of amides is 1. The van der Waals surface area contributed by atoms with E-state index < -0.39 is 0 Å². The van der Waals surface area contributed by atoms with Gasteiger partial charge in [-0.3, -0.25) is 4.79 Å². The molecule has 18 heavy (non-hydrogen) atoms. The molecular formula is C10H10ClN5O2. The first kappa shape index (κ1) is 12.3. The summed E-state index contributed by atoms with van der Waals surface area (Å²) >= 11 is 5.77. The highest BCUT2D eigenvalue weighted by Gasteiger charge is 2.11. The van der Waals surface area contributed by atoms with Crippen LogP contribution in [0.2, 0.25) is 5.02 Å². The summed E-state index contributed by atoms with van der Waals surface area (Å²) in [5.41, 5.74) is 0.252. The van der Waals surface area contributed by atoms with Gasteiger partial charge >= 0.3 is 0 Å². The molecule has 0 radical (unpaired) electrons. The minimum absolute atomic E-state index is 0.00938. The van der Waals surface area contributed by atoms with Crippen molar-refractivity contribution in [1.82, 2.24) is 20.2 Å². The molecule has 0 atom stereocenters. The normalized spacial score (nSPS) is 10.3. The largest absolute Gasteiger partial charge is 0.506 e. The van der Waals surface area contributed by atoms with Crippen LogP contribution in [-0.2, 0) is 18.3 Å². The average molecular weight is 268 g/mol. The monoisotopic (exact) mass is 267 g/mol. The third-order valence-corrected chi connectivity index (χ3v) is 2.49. The highest BCUT2D eigenvalue weighted by atomic mass is 35.5. The number of nitrogens with zero attached hydrogens (tertiary/aromatic N) is 4. The standard InChI is InChI=1S/C10H10ClN5O2/c1-16-9(13-14-15-16)5-10(18)12-7-4-6(11)2-3-8(7)17/h2-4,17H,5H2,1H3,(H,12,18). The van der Waals surface area contributed by atoms with Crippen molar-refractivity contribution in [3.05, 3.63) is 29.0 Å². The second-order valence-electron chi connectivity index (χ2n) is 3.61. The maximum atomic E-state index is 11.7. The second-order valence-corrected chi connectivity index (χ2v) is 4.04. The Morgan fingerprint density at radius 3 is 3.00 bits per heavy atom. The lowest BCUT2D eigenvalue weighted by Gasteiger charge is -2.07. The number of phenolic OH excluding ortho intramolecular Hbond substituents is 1. The van der Waals surface area contributed by atoms with E-state index in [1.807, 2.05) is 0 Å². The van der Waals surface area contributed by atoms with Crippen LogP contribution in [0.15, 0.2) is 18.2 Å². The number of phenols is 1. The van der Waals surface area contributed by atoms with E-state index in [2.05, 4.69) is 20.8 Å². The van der Waals surface area contributed by atoms with Crippen LogP contribution in [-0.4, -0.2) is 31.2 Å². The topological polar surface area (TPSA) is 92.9 Å². The molecule has 0 bridgehead atoms. The van der Waals surface area contributed by atoms with Crippen LogP contribution < -0.4 is 5.32 Å². The molecule has 1 aromatic heterocycles. The van der Waals surface area contributed by atoms with Crippen LogP contribution in [0.3, 0.4) is 0 Å². The number of aromatic nitrogens is 4. The Hall–Kier alpha value is -2.15. The Morgan fingerprint density at radius 1 is 1.56 bits per heavy atom. The molecule has 0 aliphatic rings. The van der Waals surface area contributed by atoms with E-state index in [9.17, 15) is 9.90 Å². The lowest BCUT2D eigenvalue weighted by Crippen LogP contribution is -2.17. The van der Waals surface area contributed by atoms with Crippen molar-refractivity contribution in [1.29, 1.82) is 0 Å². The van der Waals surface area contributed by atoms with Crippen LogP contribution in [0.25, 0.3) is 0 Å². The summed E-state index contributed by atoms with van der Waals surface area (Å²) in [7, 11) is 1.64. The summed E-state index contributed by atoms with van der Waals surface area (Å²) in [5.74, 6) is 0.0309. The van der Waals surface area contributed by atoms with E-state index in [1.54, 1.807) is 7.05 Å². The molecule has 2 rings (SSSR count). The number of halogens is 1. The molecular weight excluding hydrogens is 258 g/mol. The van der Waals surface area contributed by atoms with Gasteiger partial charge in [-0.25, -0.2) is 4.68 Å². The molecule has 1 amide bonds. The van der Waals surface area contributed by atoms with Crippen LogP contribution in [0.1, 0.15) is 5.82 Å². The van der Waals surface area contributed by atoms with Gasteiger partial charge in [0, 0.05) is 12.1 Å². The minimum Gasteiger partial charge on any atom is -0.506 e. The molecule has 94 valence electrons. The average Bonchev–Trinajstić information content (AvgIpc) is 2.70. The minimum atomic E-state index is -0.342. The third kappa shape index (κ3) is 2.75. The second kappa shape index (κ2) is 5.01. The molecule has 0 fully saturated rings. The Kier molecular flexibility index (Phi) is 3.42. The fraction of sp³-hybridized carbons (Fsp3) is 0.200. The molecule has 1 heterocycles. The van der Waals surface area contributed by atoms with E-state index in [-0.39, 0.29) is 23.8 Å². The fourth-order valence-corrected chi connectivity index (χ4v) is 1.52. The summed E-state index contributed by atoms with van der Waals surface area (Å²) in [6.45, 7) is 0. The molecule has 0 aliphatic heterocycles. The number of hydrogen-bond donors (Lipinski definition) is 2. The van der Waals surface area contributed by atoms with Gasteiger partial charge in [-0.1, -0.05) is 11.6 Å². The van der Waals surface area contributed by atoms with Gasteiger partial charge in [-0.2, -0.15) is 0 Å². The number of carbonyl (C=O) groups excluding carboxylic acids is 1. The SMILES string of the molecule is Cn1nnnc1CC(=O)Nc1cc(Cl)ccc1O. The van der Waals surface area contributed by atoms with E-state index >= 15 is 0 Å². The van der Waals surface area contributed by atoms with Gasteiger partial charge in [0.1, 0.15) is 5.75 Å². The Labute approximate surface area is 107 Å². The number of benzene rings is 1. The number of tetrazole rings is 1. The van der Waals surface area contributed by atoms with E-state index in [0.717, 1.165) is 0 Å². The summed E-state index contributed by atoms with van der Waals surface area (Å²) in [6, 6.07) is 4.39. The lowest BCUT2D eigenvalue weighted by atomic mass is 10.2. The molecule has 8 heteroatoms. The molecule has 2 aromatic rings. The van der Waals surface area contributed by atoms with Crippen LogP contribution in [0.4, 0.5) is 5.69 Å². The number of aryl methyl sites for hydroxylation is 1. The Morgan fingerprint density at radius 2 is 2.33 bits per heavy atom. The molecule has 0 saturated heterocycles. The zero-order valence-electron chi connectivity index (χ0n) is 9.46. The van der Waals surface area contributed by atoms with Gasteiger partial charge < -0.3 is 10.4 Å². The molecule has 0 aliphatic carbocycles. The summed E-state index contributed by atoms with van der Waals surface area (Å²) < 4.78 is 1.40. The van der Waals surface area contributed by atoms with Crippen LogP contribution >= 0.6 is 11.6 Å². The number of anilines is 1. The van der Waals surface area contributed by atoms with Crippen molar-refractivity contribution < 1.29 is 9.90 Å². The van der Waals surface area contributed by atoms with Gasteiger partial charge in [0.05, 0.1) is 12.1 Å². The van der Waals surface area contributed by atoms with Crippen molar-refractivity contribution >= 4 is 23.2 Å². The first-order valence-corrected chi connectivity index (χ1v) is 5.43. The first-order valence-electron chi connectivity index (χ1n) is 5.06. The zero-order chi connectivity index (χ0) is 13.1. The van der Waals surface area contributed by atoms with Crippen LogP contribution in [0.5, 0.6) is 5.75 Å². The number of rotatable bonds is 3. The van der Waals surface area contributed by atoms with E-state index in [0.29, 0.717) is 10.8 Å². The molecule has 0 unspecified atom stereocenters. The van der Waals surface area contributed by atoms with Crippen molar-refractivity contribution in [3.63, 3.8) is 0 Å². The van der Waals surface area contributed by atoms with Gasteiger partial charge in [0.2, 0.25) is 5.91 Å². The maximum Gasteiger partial charge on any atom is 0.232 e. The summed E-state index contributed by atoms with van der Waals surface area (Å²) in [6.07, 6.45) is 0.00938. The number of carbonyl (C=O) groups is 1. The van der Waals surface area contributed by atoms with Crippen molar-refractivity contribution in [2.24, 2.45) is 7.05 Å². The highest BCUT2D eigenvalue weighted by Crippen LogP contribution is 2.26. The van der Waals surface area contributed by atoms with E-state index in [4.69, 9.17) is 11.6 Å². The van der Waals surface area contributed by atoms with Gasteiger partial charge in [0.25, 0.3) is 0 Å². The molecule has 0 saturated carbocycles. The van der Waals surface area contributed by atoms with Gasteiger partial charge in [-0.05, 0) is 28.6 Å². The third-order valence-electron chi connectivity index (χ3n) is 2.26. The lowest BCUT2D eigenvalue weighted by molar-refractivity contribution is -0.115. The molecule has 7 nitrogen and oxygen atoms in total. The Balaban J connectivity index is 2.08. The predicted octanol–water partition coefficient (Wildman–Crippen LogP) is 0.750. The fourth-order valence-electron chi connectivity index (χ4n) is 1.34. The predicted molar refractivity (Wildman–Crippen MR) is 64.2 cm³/mol.